The smallest absolute Gasteiger partial charge is 0.276 e. The van der Waals surface area contributed by atoms with Crippen LogP contribution in [0.4, 0.5) is 0 Å². The SMILES string of the molecule is Cc1cc(C(=O)N(C)C(C)c2cccc(Cl)c2)no1. The van der Waals surface area contributed by atoms with Crippen molar-refractivity contribution in [2.24, 2.45) is 0 Å². The maximum atomic E-state index is 12.2. The first-order valence-corrected chi connectivity index (χ1v) is 6.33. The number of amides is 1. The summed E-state index contributed by atoms with van der Waals surface area (Å²) in [6.07, 6.45) is 0. The fraction of sp³-hybridized carbons (Fsp3) is 0.286. The summed E-state index contributed by atoms with van der Waals surface area (Å²) in [7, 11) is 1.73. The van der Waals surface area contributed by atoms with Gasteiger partial charge in [-0.25, -0.2) is 0 Å². The number of rotatable bonds is 3. The number of hydrogen-bond donors (Lipinski definition) is 0. The zero-order valence-electron chi connectivity index (χ0n) is 11.1. The molecule has 1 amide bonds. The Balaban J connectivity index is 2.19. The molecule has 100 valence electrons. The molecule has 0 saturated carbocycles. The average molecular weight is 279 g/mol. The van der Waals surface area contributed by atoms with E-state index < -0.39 is 0 Å². The molecule has 1 heterocycles. The Hall–Kier alpha value is -1.81. The highest BCUT2D eigenvalue weighted by molar-refractivity contribution is 6.30. The molecule has 1 aromatic heterocycles. The first-order valence-electron chi connectivity index (χ1n) is 5.95. The van der Waals surface area contributed by atoms with Crippen molar-refractivity contribution >= 4 is 17.5 Å². The minimum absolute atomic E-state index is 0.0943. The minimum atomic E-state index is -0.177. The van der Waals surface area contributed by atoms with Gasteiger partial charge in [-0.05, 0) is 31.5 Å². The molecule has 0 aliphatic heterocycles. The predicted molar refractivity (Wildman–Crippen MR) is 73.2 cm³/mol. The van der Waals surface area contributed by atoms with Crippen LogP contribution in [0.3, 0.4) is 0 Å². The second-order valence-electron chi connectivity index (χ2n) is 4.47. The Kier molecular flexibility index (Phi) is 3.90. The summed E-state index contributed by atoms with van der Waals surface area (Å²) in [5, 5.41) is 4.39. The molecule has 0 N–H and O–H groups in total. The van der Waals surface area contributed by atoms with Gasteiger partial charge < -0.3 is 9.42 Å². The highest BCUT2D eigenvalue weighted by atomic mass is 35.5. The molecule has 0 bridgehead atoms. The van der Waals surface area contributed by atoms with Gasteiger partial charge in [0.05, 0.1) is 6.04 Å². The highest BCUT2D eigenvalue weighted by Crippen LogP contribution is 2.23. The molecule has 19 heavy (non-hydrogen) atoms. The first kappa shape index (κ1) is 13.6. The molecule has 1 aromatic carbocycles. The molecule has 0 radical (unpaired) electrons. The van der Waals surface area contributed by atoms with Crippen molar-refractivity contribution in [2.45, 2.75) is 19.9 Å². The summed E-state index contributed by atoms with van der Waals surface area (Å²) in [6.45, 7) is 3.70. The van der Waals surface area contributed by atoms with Gasteiger partial charge in [0.1, 0.15) is 5.76 Å². The molecule has 5 heteroatoms. The molecule has 0 aliphatic rings. The van der Waals surface area contributed by atoms with Crippen molar-refractivity contribution in [1.82, 2.24) is 10.1 Å². The fourth-order valence-electron chi connectivity index (χ4n) is 1.81. The Labute approximate surface area is 117 Å². The number of nitrogens with zero attached hydrogens (tertiary/aromatic N) is 2. The number of carbonyl (C=O) groups excluding carboxylic acids is 1. The molecular weight excluding hydrogens is 264 g/mol. The zero-order valence-corrected chi connectivity index (χ0v) is 11.8. The largest absolute Gasteiger partial charge is 0.361 e. The van der Waals surface area contributed by atoms with Crippen molar-refractivity contribution in [2.75, 3.05) is 7.05 Å². The van der Waals surface area contributed by atoms with Gasteiger partial charge in [-0.1, -0.05) is 28.9 Å². The second-order valence-corrected chi connectivity index (χ2v) is 4.91. The van der Waals surface area contributed by atoms with Crippen molar-refractivity contribution in [3.63, 3.8) is 0 Å². The van der Waals surface area contributed by atoms with Crippen molar-refractivity contribution < 1.29 is 9.32 Å². The van der Waals surface area contributed by atoms with Gasteiger partial charge >= 0.3 is 0 Å². The summed E-state index contributed by atoms with van der Waals surface area (Å²) in [6, 6.07) is 9.00. The van der Waals surface area contributed by atoms with Crippen LogP contribution in [0.25, 0.3) is 0 Å². The van der Waals surface area contributed by atoms with Gasteiger partial charge in [0.2, 0.25) is 0 Å². The van der Waals surface area contributed by atoms with E-state index in [1.807, 2.05) is 25.1 Å². The quantitative estimate of drug-likeness (QED) is 0.864. The summed E-state index contributed by atoms with van der Waals surface area (Å²) in [4.78, 5) is 13.8. The van der Waals surface area contributed by atoms with Crippen molar-refractivity contribution in [3.8, 4) is 0 Å². The zero-order chi connectivity index (χ0) is 14.0. The normalized spacial score (nSPS) is 12.2. The summed E-state index contributed by atoms with van der Waals surface area (Å²) >= 11 is 5.96. The topological polar surface area (TPSA) is 46.3 Å². The Morgan fingerprint density at radius 2 is 2.16 bits per heavy atom. The molecule has 0 spiro atoms. The van der Waals surface area contributed by atoms with Gasteiger partial charge in [0.25, 0.3) is 5.91 Å². The molecule has 0 fully saturated rings. The molecule has 1 unspecified atom stereocenters. The highest BCUT2D eigenvalue weighted by Gasteiger charge is 2.21. The lowest BCUT2D eigenvalue weighted by atomic mass is 10.1. The number of hydrogen-bond acceptors (Lipinski definition) is 3. The van der Waals surface area contributed by atoms with Crippen LogP contribution >= 0.6 is 11.6 Å². The lowest BCUT2D eigenvalue weighted by molar-refractivity contribution is 0.0732. The van der Waals surface area contributed by atoms with Gasteiger partial charge in [0, 0.05) is 18.1 Å². The minimum Gasteiger partial charge on any atom is -0.361 e. The van der Waals surface area contributed by atoms with Crippen LogP contribution in [0.1, 0.15) is 34.8 Å². The molecular formula is C14H15ClN2O2. The maximum Gasteiger partial charge on any atom is 0.276 e. The van der Waals surface area contributed by atoms with Crippen LogP contribution in [0, 0.1) is 6.92 Å². The molecule has 2 aromatic rings. The van der Waals surface area contributed by atoms with E-state index in [2.05, 4.69) is 5.16 Å². The average Bonchev–Trinajstić information content (AvgIpc) is 2.83. The fourth-order valence-corrected chi connectivity index (χ4v) is 2.01. The van der Waals surface area contributed by atoms with Crippen LogP contribution in [-0.4, -0.2) is 23.0 Å². The van der Waals surface area contributed by atoms with Gasteiger partial charge in [-0.15, -0.1) is 0 Å². The van der Waals surface area contributed by atoms with Crippen LogP contribution in [0.5, 0.6) is 0 Å². The number of carbonyl (C=O) groups is 1. The Bertz CT molecular complexity index is 595. The van der Waals surface area contributed by atoms with Crippen LogP contribution in [-0.2, 0) is 0 Å². The molecule has 2 rings (SSSR count). The Morgan fingerprint density at radius 3 is 2.74 bits per heavy atom. The number of halogens is 1. The van der Waals surface area contributed by atoms with Gasteiger partial charge in [-0.3, -0.25) is 4.79 Å². The Morgan fingerprint density at radius 1 is 1.42 bits per heavy atom. The van der Waals surface area contributed by atoms with E-state index in [1.54, 1.807) is 31.0 Å². The summed E-state index contributed by atoms with van der Waals surface area (Å²) < 4.78 is 4.92. The third-order valence-corrected chi connectivity index (χ3v) is 3.31. The van der Waals surface area contributed by atoms with Crippen LogP contribution < -0.4 is 0 Å². The van der Waals surface area contributed by atoms with E-state index in [1.165, 1.54) is 0 Å². The summed E-state index contributed by atoms with van der Waals surface area (Å²) in [5.74, 6) is 0.441. The standard InChI is InChI=1S/C14H15ClN2O2/c1-9-7-13(16-19-9)14(18)17(3)10(2)11-5-4-6-12(15)8-11/h4-8,10H,1-3H3. The van der Waals surface area contributed by atoms with E-state index >= 15 is 0 Å². The van der Waals surface area contributed by atoms with Crippen molar-refractivity contribution in [3.05, 3.63) is 52.4 Å². The lowest BCUT2D eigenvalue weighted by Crippen LogP contribution is -2.29. The third kappa shape index (κ3) is 2.96. The monoisotopic (exact) mass is 278 g/mol. The number of aromatic nitrogens is 1. The summed E-state index contributed by atoms with van der Waals surface area (Å²) in [5.41, 5.74) is 1.29. The van der Waals surface area contributed by atoms with E-state index in [9.17, 15) is 4.79 Å². The van der Waals surface area contributed by atoms with Crippen molar-refractivity contribution in [1.29, 1.82) is 0 Å². The predicted octanol–water partition coefficient (Wildman–Crippen LogP) is 3.47. The second kappa shape index (κ2) is 5.45. The first-order chi connectivity index (χ1) is 8.99. The lowest BCUT2D eigenvalue weighted by Gasteiger charge is -2.24. The molecule has 0 aliphatic carbocycles. The number of benzene rings is 1. The molecule has 1 atom stereocenters. The van der Waals surface area contributed by atoms with E-state index in [0.717, 1.165) is 5.56 Å². The van der Waals surface area contributed by atoms with E-state index in [-0.39, 0.29) is 11.9 Å². The van der Waals surface area contributed by atoms with Gasteiger partial charge in [0.15, 0.2) is 5.69 Å². The molecule has 4 nitrogen and oxygen atoms in total. The van der Waals surface area contributed by atoms with Gasteiger partial charge in [-0.2, -0.15) is 0 Å². The third-order valence-electron chi connectivity index (χ3n) is 3.08. The maximum absolute atomic E-state index is 12.2. The van der Waals surface area contributed by atoms with E-state index in [4.69, 9.17) is 16.1 Å². The number of aryl methyl sites for hydroxylation is 1. The van der Waals surface area contributed by atoms with E-state index in [0.29, 0.717) is 16.5 Å². The molecule has 0 saturated heterocycles. The van der Waals surface area contributed by atoms with Crippen LogP contribution in [0.2, 0.25) is 5.02 Å². The van der Waals surface area contributed by atoms with Crippen LogP contribution in [0.15, 0.2) is 34.9 Å².